The van der Waals surface area contributed by atoms with Crippen LogP contribution >= 0.6 is 0 Å². The first-order valence-electron chi connectivity index (χ1n) is 5.77. The van der Waals surface area contributed by atoms with Gasteiger partial charge in [-0.1, -0.05) is 19.3 Å². The van der Waals surface area contributed by atoms with Gasteiger partial charge in [0.2, 0.25) is 0 Å². The van der Waals surface area contributed by atoms with Gasteiger partial charge in [0.15, 0.2) is 0 Å². The molecule has 0 aromatic rings. The van der Waals surface area contributed by atoms with Gasteiger partial charge in [0.05, 0.1) is 6.61 Å². The Morgan fingerprint density at radius 3 is 1.94 bits per heavy atom. The van der Waals surface area contributed by atoms with E-state index in [2.05, 4.69) is 5.32 Å². The van der Waals surface area contributed by atoms with Crippen molar-refractivity contribution >= 4 is 8.80 Å². The van der Waals surface area contributed by atoms with Gasteiger partial charge in [-0.25, -0.2) is 0 Å². The molecule has 16 heavy (non-hydrogen) atoms. The molecule has 1 saturated carbocycles. The summed E-state index contributed by atoms with van der Waals surface area (Å²) in [6.45, 7) is 2.27. The van der Waals surface area contributed by atoms with E-state index in [-0.39, 0.29) is 5.73 Å². The lowest BCUT2D eigenvalue weighted by molar-refractivity contribution is -0.00122. The van der Waals surface area contributed by atoms with Crippen LogP contribution in [0.3, 0.4) is 0 Å². The first-order valence-corrected chi connectivity index (χ1v) is 7.57. The fraction of sp³-hybridized carbons (Fsp3) is 1.00. The van der Waals surface area contributed by atoms with Crippen LogP contribution in [0.2, 0.25) is 0 Å². The molecule has 2 fully saturated rings. The van der Waals surface area contributed by atoms with Gasteiger partial charge in [-0.05, 0) is 0 Å². The van der Waals surface area contributed by atoms with Gasteiger partial charge in [0, 0.05) is 34.4 Å². The maximum Gasteiger partial charge on any atom is 0.532 e. The summed E-state index contributed by atoms with van der Waals surface area (Å²) in [5.41, 5.74) is -0.0961. The number of hydrogen-bond donors (Lipinski definition) is 1. The molecule has 1 unspecified atom stereocenters. The van der Waals surface area contributed by atoms with E-state index >= 15 is 0 Å². The minimum absolute atomic E-state index is 0.0961. The van der Waals surface area contributed by atoms with Crippen LogP contribution in [-0.4, -0.2) is 55.6 Å². The Kier molecular flexibility index (Phi) is 6.48. The molecule has 1 saturated heterocycles. The monoisotopic (exact) mass is 249 g/mol. The third-order valence-corrected chi connectivity index (χ3v) is 5.40. The SMILES string of the molecule is C1CC1.CO[Si](OC)(OC)C1CNCCO1. The molecule has 0 bridgehead atoms. The summed E-state index contributed by atoms with van der Waals surface area (Å²) in [4.78, 5) is 0. The van der Waals surface area contributed by atoms with E-state index in [1.807, 2.05) is 0 Å². The third-order valence-electron chi connectivity index (χ3n) is 2.53. The fourth-order valence-electron chi connectivity index (χ4n) is 1.44. The Morgan fingerprint density at radius 2 is 1.62 bits per heavy atom. The molecule has 0 spiro atoms. The van der Waals surface area contributed by atoms with E-state index < -0.39 is 8.80 Å². The highest BCUT2D eigenvalue weighted by Gasteiger charge is 2.49. The standard InChI is InChI=1S/C7H17NO4Si.C3H6/c1-9-13(10-2,11-3)7-6-8-4-5-12-7;1-2-3-1/h7-8H,4-6H2,1-3H3;1-3H2. The molecular weight excluding hydrogens is 226 g/mol. The Morgan fingerprint density at radius 1 is 1.06 bits per heavy atom. The van der Waals surface area contributed by atoms with Gasteiger partial charge >= 0.3 is 8.80 Å². The Hall–Kier alpha value is 0.0169. The van der Waals surface area contributed by atoms with Crippen LogP contribution in [0, 0.1) is 0 Å². The molecule has 1 aliphatic carbocycles. The number of rotatable bonds is 4. The second-order valence-corrected chi connectivity index (χ2v) is 6.92. The predicted octanol–water partition coefficient (Wildman–Crippen LogP) is 0.562. The normalized spacial score (nSPS) is 24.6. The van der Waals surface area contributed by atoms with Crippen LogP contribution in [0.15, 0.2) is 0 Å². The molecule has 0 amide bonds. The van der Waals surface area contributed by atoms with Crippen molar-refractivity contribution in [2.45, 2.75) is 25.0 Å². The van der Waals surface area contributed by atoms with Gasteiger partial charge in [-0.3, -0.25) is 0 Å². The van der Waals surface area contributed by atoms with E-state index in [9.17, 15) is 0 Å². The smallest absolute Gasteiger partial charge is 0.375 e. The summed E-state index contributed by atoms with van der Waals surface area (Å²) >= 11 is 0. The first-order chi connectivity index (χ1) is 7.79. The predicted molar refractivity (Wildman–Crippen MR) is 63.2 cm³/mol. The van der Waals surface area contributed by atoms with Crippen molar-refractivity contribution in [2.24, 2.45) is 0 Å². The summed E-state index contributed by atoms with van der Waals surface area (Å²) < 4.78 is 21.5. The maximum atomic E-state index is 5.54. The molecular formula is C10H23NO4Si. The molecule has 96 valence electrons. The fourth-order valence-corrected chi connectivity index (χ4v) is 3.44. The average Bonchev–Trinajstić information content (AvgIpc) is 3.21. The maximum absolute atomic E-state index is 5.54. The molecule has 6 heteroatoms. The molecule has 5 nitrogen and oxygen atoms in total. The lowest BCUT2D eigenvalue weighted by Gasteiger charge is -2.34. The Bertz CT molecular complexity index is 171. The molecule has 1 N–H and O–H groups in total. The van der Waals surface area contributed by atoms with Gasteiger partial charge in [-0.15, -0.1) is 0 Å². The molecule has 1 aliphatic heterocycles. The number of ether oxygens (including phenoxy) is 1. The van der Waals surface area contributed by atoms with Gasteiger partial charge in [0.25, 0.3) is 0 Å². The quantitative estimate of drug-likeness (QED) is 0.738. The van der Waals surface area contributed by atoms with Crippen molar-refractivity contribution < 1.29 is 18.0 Å². The molecule has 0 aromatic carbocycles. The van der Waals surface area contributed by atoms with Crippen LogP contribution in [-0.2, 0) is 18.0 Å². The molecule has 1 heterocycles. The van der Waals surface area contributed by atoms with Crippen LogP contribution in [0.5, 0.6) is 0 Å². The topological polar surface area (TPSA) is 49.0 Å². The van der Waals surface area contributed by atoms with Crippen molar-refractivity contribution in [1.82, 2.24) is 5.32 Å². The van der Waals surface area contributed by atoms with Gasteiger partial charge in [-0.2, -0.15) is 0 Å². The summed E-state index contributed by atoms with van der Waals surface area (Å²) in [6, 6.07) is 0. The molecule has 1 atom stereocenters. The van der Waals surface area contributed by atoms with Crippen molar-refractivity contribution in [2.75, 3.05) is 41.0 Å². The zero-order chi connectivity index (χ0) is 11.9. The van der Waals surface area contributed by atoms with Gasteiger partial charge < -0.3 is 23.3 Å². The third kappa shape index (κ3) is 4.12. The second-order valence-electron chi connectivity index (χ2n) is 3.84. The minimum atomic E-state index is -2.60. The zero-order valence-electron chi connectivity index (χ0n) is 10.5. The summed E-state index contributed by atoms with van der Waals surface area (Å²) in [6.07, 6.45) is 4.50. The molecule has 2 aliphatic rings. The second kappa shape index (κ2) is 7.36. The van der Waals surface area contributed by atoms with Crippen LogP contribution in [0.25, 0.3) is 0 Å². The molecule has 0 radical (unpaired) electrons. The van der Waals surface area contributed by atoms with E-state index in [0.29, 0.717) is 6.61 Å². The van der Waals surface area contributed by atoms with Crippen molar-refractivity contribution in [1.29, 1.82) is 0 Å². The molecule has 2 rings (SSSR count). The van der Waals surface area contributed by atoms with E-state index in [4.69, 9.17) is 18.0 Å². The molecule has 0 aromatic heterocycles. The average molecular weight is 249 g/mol. The minimum Gasteiger partial charge on any atom is -0.375 e. The lowest BCUT2D eigenvalue weighted by Crippen LogP contribution is -2.61. The summed E-state index contributed by atoms with van der Waals surface area (Å²) in [7, 11) is 2.18. The summed E-state index contributed by atoms with van der Waals surface area (Å²) in [5.74, 6) is 0. The lowest BCUT2D eigenvalue weighted by atomic mass is 10.5. The Labute approximate surface area is 98.8 Å². The van der Waals surface area contributed by atoms with E-state index in [0.717, 1.165) is 13.1 Å². The van der Waals surface area contributed by atoms with Crippen molar-refractivity contribution in [3.63, 3.8) is 0 Å². The first kappa shape index (κ1) is 14.1. The van der Waals surface area contributed by atoms with Crippen LogP contribution < -0.4 is 5.32 Å². The highest BCUT2D eigenvalue weighted by atomic mass is 28.4. The zero-order valence-corrected chi connectivity index (χ0v) is 11.5. The largest absolute Gasteiger partial charge is 0.532 e. The summed E-state index contributed by atoms with van der Waals surface area (Å²) in [5, 5.41) is 3.21. The van der Waals surface area contributed by atoms with Crippen LogP contribution in [0.1, 0.15) is 19.3 Å². The van der Waals surface area contributed by atoms with Crippen molar-refractivity contribution in [3.05, 3.63) is 0 Å². The van der Waals surface area contributed by atoms with Gasteiger partial charge in [0.1, 0.15) is 5.73 Å². The number of morpholine rings is 1. The van der Waals surface area contributed by atoms with E-state index in [1.165, 1.54) is 19.3 Å². The van der Waals surface area contributed by atoms with Crippen LogP contribution in [0.4, 0.5) is 0 Å². The number of hydrogen-bond acceptors (Lipinski definition) is 5. The highest BCUT2D eigenvalue weighted by molar-refractivity contribution is 6.62. The highest BCUT2D eigenvalue weighted by Crippen LogP contribution is 2.16. The number of nitrogens with one attached hydrogen (secondary N) is 1. The Balaban J connectivity index is 0.000000365. The van der Waals surface area contributed by atoms with E-state index in [1.54, 1.807) is 21.3 Å². The van der Waals surface area contributed by atoms with Crippen molar-refractivity contribution in [3.8, 4) is 0 Å².